The minimum Gasteiger partial charge on any atom is -0.484 e. The van der Waals surface area contributed by atoms with Crippen molar-refractivity contribution < 1.29 is 9.13 Å². The number of fused-ring (bicyclic) bond motifs is 1. The largest absolute Gasteiger partial charge is 0.484 e. The van der Waals surface area contributed by atoms with Gasteiger partial charge in [0.05, 0.1) is 5.69 Å². The van der Waals surface area contributed by atoms with Crippen LogP contribution < -0.4 is 10.5 Å². The zero-order valence-corrected chi connectivity index (χ0v) is 11.9. The van der Waals surface area contributed by atoms with Crippen molar-refractivity contribution in [3.05, 3.63) is 53.0 Å². The van der Waals surface area contributed by atoms with E-state index in [1.54, 1.807) is 6.07 Å². The Hall–Kier alpha value is -1.99. The second-order valence-corrected chi connectivity index (χ2v) is 5.44. The summed E-state index contributed by atoms with van der Waals surface area (Å²) in [5.41, 5.74) is 6.67. The molecule has 0 aliphatic heterocycles. The van der Waals surface area contributed by atoms with E-state index in [-0.39, 0.29) is 17.3 Å². The first-order chi connectivity index (χ1) is 9.63. The first kappa shape index (κ1) is 13.0. The molecule has 4 nitrogen and oxygen atoms in total. The van der Waals surface area contributed by atoms with Crippen LogP contribution >= 0.6 is 23.6 Å². The maximum absolute atomic E-state index is 13.8. The molecule has 0 aliphatic carbocycles. The van der Waals surface area contributed by atoms with Gasteiger partial charge in [0.15, 0.2) is 16.5 Å². The second kappa shape index (κ2) is 5.18. The van der Waals surface area contributed by atoms with Gasteiger partial charge in [-0.3, -0.25) is 4.40 Å². The number of nitrogens with zero attached hydrogens (tertiary/aromatic N) is 2. The first-order valence-electron chi connectivity index (χ1n) is 5.77. The zero-order chi connectivity index (χ0) is 14.1. The summed E-state index contributed by atoms with van der Waals surface area (Å²) in [4.78, 5) is 5.40. The van der Waals surface area contributed by atoms with Crippen LogP contribution in [-0.4, -0.2) is 14.4 Å². The third-order valence-electron chi connectivity index (χ3n) is 2.74. The zero-order valence-electron chi connectivity index (χ0n) is 10.2. The third-order valence-corrected chi connectivity index (χ3v) is 3.74. The van der Waals surface area contributed by atoms with Gasteiger partial charge in [0.1, 0.15) is 11.6 Å². The van der Waals surface area contributed by atoms with Gasteiger partial charge in [-0.1, -0.05) is 12.2 Å². The van der Waals surface area contributed by atoms with Crippen molar-refractivity contribution in [3.8, 4) is 5.75 Å². The summed E-state index contributed by atoms with van der Waals surface area (Å²) in [6.45, 7) is 0.206. The van der Waals surface area contributed by atoms with E-state index in [0.717, 1.165) is 10.7 Å². The van der Waals surface area contributed by atoms with Crippen molar-refractivity contribution in [1.82, 2.24) is 9.38 Å². The van der Waals surface area contributed by atoms with Crippen molar-refractivity contribution in [2.75, 3.05) is 0 Å². The standard InChI is InChI=1S/C13H10FN3OS2/c14-10-5-8(12(15)19)1-2-11(10)18-7-9-6-17-3-4-20-13(17)16-9/h1-6H,7H2,(H2,15,19). The lowest BCUT2D eigenvalue weighted by Gasteiger charge is -2.06. The number of hydrogen-bond acceptors (Lipinski definition) is 4. The average molecular weight is 307 g/mol. The number of nitrogens with two attached hydrogens (primary N) is 1. The SMILES string of the molecule is NC(=S)c1ccc(OCc2cn3ccsc3n2)c(F)c1. The molecule has 0 saturated carbocycles. The summed E-state index contributed by atoms with van der Waals surface area (Å²) >= 11 is 6.32. The summed E-state index contributed by atoms with van der Waals surface area (Å²) in [6.07, 6.45) is 3.77. The number of thiocarbonyl (C=S) groups is 1. The van der Waals surface area contributed by atoms with Gasteiger partial charge in [-0.05, 0) is 18.2 Å². The van der Waals surface area contributed by atoms with Crippen molar-refractivity contribution in [1.29, 1.82) is 0 Å². The summed E-state index contributed by atoms with van der Waals surface area (Å²) in [7, 11) is 0. The smallest absolute Gasteiger partial charge is 0.193 e. The van der Waals surface area contributed by atoms with Gasteiger partial charge in [-0.2, -0.15) is 0 Å². The van der Waals surface area contributed by atoms with E-state index in [1.165, 1.54) is 23.5 Å². The second-order valence-electron chi connectivity index (χ2n) is 4.12. The van der Waals surface area contributed by atoms with E-state index in [2.05, 4.69) is 4.98 Å². The molecule has 0 bridgehead atoms. The van der Waals surface area contributed by atoms with Gasteiger partial charge in [-0.25, -0.2) is 9.37 Å². The van der Waals surface area contributed by atoms with Crippen LogP contribution in [0.2, 0.25) is 0 Å². The topological polar surface area (TPSA) is 52.5 Å². The molecule has 2 aromatic heterocycles. The Morgan fingerprint density at radius 2 is 2.35 bits per heavy atom. The minimum absolute atomic E-state index is 0.154. The van der Waals surface area contributed by atoms with Crippen LogP contribution in [0.3, 0.4) is 0 Å². The van der Waals surface area contributed by atoms with E-state index >= 15 is 0 Å². The number of benzene rings is 1. The number of rotatable bonds is 4. The van der Waals surface area contributed by atoms with E-state index < -0.39 is 5.82 Å². The average Bonchev–Trinajstić information content (AvgIpc) is 2.97. The van der Waals surface area contributed by atoms with Gasteiger partial charge in [0.2, 0.25) is 0 Å². The molecule has 102 valence electrons. The molecule has 0 spiro atoms. The van der Waals surface area contributed by atoms with Crippen LogP contribution in [0.1, 0.15) is 11.3 Å². The van der Waals surface area contributed by atoms with Gasteiger partial charge >= 0.3 is 0 Å². The Bertz CT molecular complexity index is 752. The van der Waals surface area contributed by atoms with Gasteiger partial charge in [0.25, 0.3) is 0 Å². The highest BCUT2D eigenvalue weighted by Gasteiger charge is 2.08. The third kappa shape index (κ3) is 2.50. The molecule has 0 unspecified atom stereocenters. The molecule has 2 heterocycles. The molecule has 3 rings (SSSR count). The van der Waals surface area contributed by atoms with E-state index in [4.69, 9.17) is 22.7 Å². The molecule has 0 atom stereocenters. The Balaban J connectivity index is 1.74. The van der Waals surface area contributed by atoms with Crippen molar-refractivity contribution in [3.63, 3.8) is 0 Å². The van der Waals surface area contributed by atoms with Crippen LogP contribution in [0.4, 0.5) is 4.39 Å². The Morgan fingerprint density at radius 3 is 3.05 bits per heavy atom. The highest BCUT2D eigenvalue weighted by atomic mass is 32.1. The predicted octanol–water partition coefficient (Wildman–Crippen LogP) is 2.75. The van der Waals surface area contributed by atoms with Gasteiger partial charge in [0, 0.05) is 23.3 Å². The predicted molar refractivity (Wildman–Crippen MR) is 79.7 cm³/mol. The van der Waals surface area contributed by atoms with Crippen molar-refractivity contribution in [2.24, 2.45) is 5.73 Å². The highest BCUT2D eigenvalue weighted by molar-refractivity contribution is 7.80. The van der Waals surface area contributed by atoms with Gasteiger partial charge < -0.3 is 10.5 Å². The number of aromatic nitrogens is 2. The first-order valence-corrected chi connectivity index (χ1v) is 7.05. The number of ether oxygens (including phenoxy) is 1. The fourth-order valence-corrected chi connectivity index (χ4v) is 2.61. The Kier molecular flexibility index (Phi) is 3.37. The summed E-state index contributed by atoms with van der Waals surface area (Å²) in [6, 6.07) is 4.41. The normalized spacial score (nSPS) is 10.8. The fraction of sp³-hybridized carbons (Fsp3) is 0.0769. The van der Waals surface area contributed by atoms with E-state index in [9.17, 15) is 4.39 Å². The lowest BCUT2D eigenvalue weighted by atomic mass is 10.2. The molecule has 3 aromatic rings. The highest BCUT2D eigenvalue weighted by Crippen LogP contribution is 2.20. The van der Waals surface area contributed by atoms with Crippen LogP contribution in [0.25, 0.3) is 4.96 Å². The fourth-order valence-electron chi connectivity index (χ4n) is 1.77. The maximum atomic E-state index is 13.8. The van der Waals surface area contributed by atoms with Crippen LogP contribution in [0, 0.1) is 5.82 Å². The molecule has 1 aromatic carbocycles. The van der Waals surface area contributed by atoms with Gasteiger partial charge in [-0.15, -0.1) is 11.3 Å². The summed E-state index contributed by atoms with van der Waals surface area (Å²) < 4.78 is 21.1. The molecular weight excluding hydrogens is 297 g/mol. The molecule has 2 N–H and O–H groups in total. The quantitative estimate of drug-likeness (QED) is 0.753. The molecule has 0 aliphatic rings. The lowest BCUT2D eigenvalue weighted by Crippen LogP contribution is -2.09. The van der Waals surface area contributed by atoms with E-state index in [1.807, 2.05) is 22.2 Å². The molecular formula is C13H10FN3OS2. The Morgan fingerprint density at radius 1 is 1.50 bits per heavy atom. The number of imidazole rings is 1. The molecule has 0 amide bonds. The number of halogens is 1. The van der Waals surface area contributed by atoms with Crippen LogP contribution in [0.5, 0.6) is 5.75 Å². The number of thiazole rings is 1. The lowest BCUT2D eigenvalue weighted by molar-refractivity contribution is 0.286. The van der Waals surface area contributed by atoms with Crippen LogP contribution in [-0.2, 0) is 6.61 Å². The van der Waals surface area contributed by atoms with E-state index in [0.29, 0.717) is 5.56 Å². The Labute approximate surface area is 123 Å². The molecule has 7 heteroatoms. The molecule has 0 radical (unpaired) electrons. The number of hydrogen-bond donors (Lipinski definition) is 1. The van der Waals surface area contributed by atoms with Crippen molar-refractivity contribution in [2.45, 2.75) is 6.61 Å². The van der Waals surface area contributed by atoms with Crippen molar-refractivity contribution >= 4 is 33.5 Å². The maximum Gasteiger partial charge on any atom is 0.193 e. The summed E-state index contributed by atoms with van der Waals surface area (Å²) in [5, 5.41) is 1.95. The molecule has 20 heavy (non-hydrogen) atoms. The monoisotopic (exact) mass is 307 g/mol. The molecule has 0 fully saturated rings. The van der Waals surface area contributed by atoms with Crippen LogP contribution in [0.15, 0.2) is 36.0 Å². The summed E-state index contributed by atoms with van der Waals surface area (Å²) in [5.74, 6) is -0.335. The molecule has 0 saturated heterocycles. The minimum atomic E-state index is -0.490.